The van der Waals surface area contributed by atoms with Crippen LogP contribution in [0.4, 0.5) is 0 Å². The molecular formula is C2H3INO2P. The van der Waals surface area contributed by atoms with Gasteiger partial charge in [0.25, 0.3) is 0 Å². The Balaban J connectivity index is 3.74. The van der Waals surface area contributed by atoms with E-state index in [1.807, 2.05) is 5.87 Å². The lowest BCUT2D eigenvalue weighted by Crippen LogP contribution is -1.53. The molecule has 1 atom stereocenters. The Morgan fingerprint density at radius 3 is 3.00 bits per heavy atom. The first-order chi connectivity index (χ1) is 3.56. The zero-order chi connectivity index (χ0) is 6.62. The third-order valence-corrected chi connectivity index (χ3v) is 0.908. The van der Waals surface area contributed by atoms with Gasteiger partial charge >= 0.3 is 5.62 Å². The number of nitrogens with zero attached hydrogens (tertiary/aromatic N) is 1. The lowest BCUT2D eigenvalue weighted by molar-refractivity contribution is 0.369. The summed E-state index contributed by atoms with van der Waals surface area (Å²) < 4.78 is 20.9. The number of hydrogen-bond acceptors (Lipinski definition) is 3. The van der Waals surface area contributed by atoms with Gasteiger partial charge in [-0.25, -0.2) is 0 Å². The van der Waals surface area contributed by atoms with Crippen LogP contribution in [-0.2, 0) is 9.19 Å². The fourth-order valence-corrected chi connectivity index (χ4v) is 0.447. The Morgan fingerprint density at radius 1 is 2.29 bits per heavy atom. The molecule has 0 bridgehead atoms. The fourth-order valence-electron chi connectivity index (χ4n) is 0.0610. The average Bonchev–Trinajstić information content (AvgIpc) is 1.59. The van der Waals surface area contributed by atoms with Gasteiger partial charge in [0.15, 0.2) is 1.28 Å². The predicted octanol–water partition coefficient (Wildman–Crippen LogP) is 1.60. The Bertz CT molecular complexity index is 159. The molecule has 1 unspecified atom stereocenters. The molecule has 0 aliphatic carbocycles. The molecular weight excluding hydrogens is 228 g/mol. The molecule has 0 aliphatic heterocycles. The maximum absolute atomic E-state index is 10.2. The van der Waals surface area contributed by atoms with Gasteiger partial charge in [0, 0.05) is 27.9 Å². The summed E-state index contributed by atoms with van der Waals surface area (Å²) in [7, 11) is 0. The Kier molecular flexibility index (Phi) is 3.34. The zero-order valence-electron chi connectivity index (χ0n) is 4.30. The molecule has 0 aromatic carbocycles. The van der Waals surface area contributed by atoms with Crippen molar-refractivity contribution in [2.45, 2.75) is 0 Å². The van der Waals surface area contributed by atoms with Gasteiger partial charge in [-0.15, -0.1) is 0 Å². The second kappa shape index (κ2) is 4.37. The van der Waals surface area contributed by atoms with Crippen molar-refractivity contribution in [1.29, 1.82) is 1.28 Å². The van der Waals surface area contributed by atoms with E-state index in [9.17, 15) is 4.57 Å². The van der Waals surface area contributed by atoms with E-state index in [0.29, 0.717) is 0 Å². The molecule has 40 valence electrons. The average molecular weight is 233 g/mol. The molecule has 0 fully saturated rings. The molecule has 0 aromatic heterocycles. The SMILES string of the molecule is [3H]P(=O)(I)ON=C=C. The number of hydrogen-bond donors (Lipinski definition) is 0. The highest BCUT2D eigenvalue weighted by Gasteiger charge is 1.81. The van der Waals surface area contributed by atoms with Gasteiger partial charge in [0.1, 0.15) is 0 Å². The van der Waals surface area contributed by atoms with Gasteiger partial charge in [0.2, 0.25) is 0 Å². The van der Waals surface area contributed by atoms with Crippen LogP contribution in [0.1, 0.15) is 0 Å². The highest BCUT2D eigenvalue weighted by Crippen LogP contribution is 2.31. The molecule has 0 saturated carbocycles. The summed E-state index contributed by atoms with van der Waals surface area (Å²) in [6.07, 6.45) is 0. The maximum Gasteiger partial charge on any atom is 0.318 e. The minimum absolute atomic E-state index is 1.34. The van der Waals surface area contributed by atoms with Crippen LogP contribution in [0.5, 0.6) is 0 Å². The molecule has 0 amide bonds. The first kappa shape index (κ1) is 5.35. The minimum atomic E-state index is -3.23. The number of rotatable bonds is 2. The topological polar surface area (TPSA) is 38.7 Å². The number of halogens is 1. The second-order valence-electron chi connectivity index (χ2n) is 0.544. The van der Waals surface area contributed by atoms with Crippen LogP contribution in [0.25, 0.3) is 0 Å². The lowest BCUT2D eigenvalue weighted by atomic mass is 11.2. The molecule has 0 spiro atoms. The summed E-state index contributed by atoms with van der Waals surface area (Å²) in [5, 5.41) is 2.92. The quantitative estimate of drug-likeness (QED) is 0.314. The van der Waals surface area contributed by atoms with Crippen molar-refractivity contribution in [3.05, 3.63) is 6.58 Å². The molecule has 0 aliphatic rings. The molecule has 5 heteroatoms. The highest BCUT2D eigenvalue weighted by atomic mass is 127. The van der Waals surface area contributed by atoms with E-state index in [1.54, 1.807) is 0 Å². The van der Waals surface area contributed by atoms with Crippen molar-refractivity contribution >= 4 is 33.5 Å². The summed E-state index contributed by atoms with van der Waals surface area (Å²) >= 11 is 1.34. The van der Waals surface area contributed by atoms with E-state index < -0.39 is 5.62 Å². The van der Waals surface area contributed by atoms with Gasteiger partial charge in [-0.1, -0.05) is 0 Å². The molecule has 7 heavy (non-hydrogen) atoms. The van der Waals surface area contributed by atoms with Crippen molar-refractivity contribution in [1.82, 2.24) is 0 Å². The molecule has 0 N–H and O–H groups in total. The first-order valence-electron chi connectivity index (χ1n) is 1.74. The summed E-state index contributed by atoms with van der Waals surface area (Å²) in [6.45, 7) is 3.04. The van der Waals surface area contributed by atoms with Gasteiger partial charge in [-0.3, -0.25) is 4.57 Å². The monoisotopic (exact) mass is 233 g/mol. The van der Waals surface area contributed by atoms with Gasteiger partial charge in [-0.05, 0) is 11.7 Å². The molecule has 0 heterocycles. The third-order valence-electron chi connectivity index (χ3n) is 0.170. The van der Waals surface area contributed by atoms with Crippen LogP contribution in [0, 0.1) is 0 Å². The summed E-state index contributed by atoms with van der Waals surface area (Å²) in [6, 6.07) is 0. The van der Waals surface area contributed by atoms with Crippen LogP contribution < -0.4 is 0 Å². The van der Waals surface area contributed by atoms with Crippen molar-refractivity contribution in [2.24, 2.45) is 5.16 Å². The normalized spacial score (nSPS) is 18.1. The zero-order valence-corrected chi connectivity index (χ0v) is 6.35. The smallest absolute Gasteiger partial charge is 0.318 e. The Morgan fingerprint density at radius 2 is 2.86 bits per heavy atom. The van der Waals surface area contributed by atoms with E-state index in [0.717, 1.165) is 0 Å². The summed E-state index contributed by atoms with van der Waals surface area (Å²) in [5.41, 5.74) is -3.23. The predicted molar refractivity (Wildman–Crippen MR) is 37.2 cm³/mol. The second-order valence-corrected chi connectivity index (χ2v) is 3.50. The van der Waals surface area contributed by atoms with E-state index in [1.165, 1.54) is 22.0 Å². The van der Waals surface area contributed by atoms with E-state index in [2.05, 4.69) is 16.4 Å². The Hall–Kier alpha value is 0.210. The van der Waals surface area contributed by atoms with E-state index in [-0.39, 0.29) is 0 Å². The van der Waals surface area contributed by atoms with Crippen molar-refractivity contribution in [3.63, 3.8) is 0 Å². The third kappa shape index (κ3) is 6.21. The molecule has 3 nitrogen and oxygen atoms in total. The van der Waals surface area contributed by atoms with Crippen LogP contribution >= 0.6 is 27.7 Å². The standard InChI is InChI=1S/C2H3INO2P/c1-2-4-6-7(3)5/h7H,1H2/i7T. The fraction of sp³-hybridized carbons (Fsp3) is 0. The van der Waals surface area contributed by atoms with Crippen LogP contribution in [0.3, 0.4) is 0 Å². The maximum atomic E-state index is 10.2. The highest BCUT2D eigenvalue weighted by molar-refractivity contribution is 14.2. The molecule has 0 rings (SSSR count). The van der Waals surface area contributed by atoms with Crippen LogP contribution in [0.15, 0.2) is 11.7 Å². The van der Waals surface area contributed by atoms with Gasteiger partial charge < -0.3 is 4.62 Å². The van der Waals surface area contributed by atoms with Crippen LogP contribution in [-0.4, -0.2) is 7.15 Å². The van der Waals surface area contributed by atoms with Gasteiger partial charge in [0.05, 0.1) is 0 Å². The molecule has 0 aromatic rings. The first-order valence-corrected chi connectivity index (χ1v) is 5.26. The lowest BCUT2D eigenvalue weighted by Gasteiger charge is -1.81. The molecule has 0 saturated heterocycles. The van der Waals surface area contributed by atoms with E-state index in [4.69, 9.17) is 1.28 Å². The van der Waals surface area contributed by atoms with Crippen LogP contribution in [0.2, 0.25) is 0 Å². The largest absolute Gasteiger partial charge is 0.324 e. The molecule has 0 radical (unpaired) electrons. The Labute approximate surface area is 56.1 Å². The minimum Gasteiger partial charge on any atom is -0.324 e. The van der Waals surface area contributed by atoms with Gasteiger partial charge in [-0.2, -0.15) is 0 Å². The van der Waals surface area contributed by atoms with Crippen molar-refractivity contribution in [2.75, 3.05) is 0 Å². The van der Waals surface area contributed by atoms with E-state index >= 15 is 0 Å². The summed E-state index contributed by atoms with van der Waals surface area (Å²) in [5.74, 6) is 1.98. The van der Waals surface area contributed by atoms with Crippen molar-refractivity contribution < 1.29 is 9.19 Å². The van der Waals surface area contributed by atoms with Crippen molar-refractivity contribution in [3.8, 4) is 0 Å². The summed E-state index contributed by atoms with van der Waals surface area (Å²) in [4.78, 5) is 0.